The summed E-state index contributed by atoms with van der Waals surface area (Å²) in [6, 6.07) is 7.32. The van der Waals surface area contributed by atoms with Crippen LogP contribution in [0.5, 0.6) is 0 Å². The first-order chi connectivity index (χ1) is 13.5. The first-order valence-electron chi connectivity index (χ1n) is 9.13. The van der Waals surface area contributed by atoms with E-state index >= 15 is 0 Å². The number of hydrogen-bond acceptors (Lipinski definition) is 6. The maximum Gasteiger partial charge on any atom is 0.347 e. The van der Waals surface area contributed by atoms with E-state index in [2.05, 4.69) is 10.00 Å². The second-order valence-electron chi connectivity index (χ2n) is 6.83. The predicted octanol–water partition coefficient (Wildman–Crippen LogP) is 1.68. The number of aromatic nitrogens is 2. The Kier molecular flexibility index (Phi) is 5.42. The van der Waals surface area contributed by atoms with Gasteiger partial charge in [-0.1, -0.05) is 12.1 Å². The minimum Gasteiger partial charge on any atom is -0.422 e. The third-order valence-corrected chi connectivity index (χ3v) is 7.16. The van der Waals surface area contributed by atoms with Crippen LogP contribution < -0.4 is 5.63 Å². The Bertz CT molecular complexity index is 1150. The van der Waals surface area contributed by atoms with Crippen molar-refractivity contribution in [2.75, 3.05) is 37.8 Å². The van der Waals surface area contributed by atoms with Crippen LogP contribution >= 0.6 is 11.6 Å². The molecule has 1 fully saturated rings. The van der Waals surface area contributed by atoms with Crippen LogP contribution in [0, 0.1) is 0 Å². The van der Waals surface area contributed by atoms with E-state index in [0.717, 1.165) is 5.39 Å². The predicted molar refractivity (Wildman–Crippen MR) is 108 cm³/mol. The summed E-state index contributed by atoms with van der Waals surface area (Å²) in [4.78, 5) is 14.3. The zero-order valence-corrected chi connectivity index (χ0v) is 16.8. The molecule has 28 heavy (non-hydrogen) atoms. The van der Waals surface area contributed by atoms with Crippen molar-refractivity contribution in [1.82, 2.24) is 19.0 Å². The molecule has 8 nitrogen and oxygen atoms in total. The van der Waals surface area contributed by atoms with Crippen LogP contribution in [-0.2, 0) is 16.7 Å². The lowest BCUT2D eigenvalue weighted by atomic mass is 10.2. The van der Waals surface area contributed by atoms with Crippen LogP contribution in [0.3, 0.4) is 0 Å². The Balaban J connectivity index is 1.49. The molecular formula is C18H21ClN4O4S. The normalized spacial score (nSPS) is 16.9. The summed E-state index contributed by atoms with van der Waals surface area (Å²) < 4.78 is 33.1. The Morgan fingerprint density at radius 3 is 2.61 bits per heavy atom. The van der Waals surface area contributed by atoms with Gasteiger partial charge in [0.25, 0.3) is 0 Å². The molecule has 0 atom stereocenters. The summed E-state index contributed by atoms with van der Waals surface area (Å²) in [5.74, 6) is 0.429. The van der Waals surface area contributed by atoms with E-state index in [4.69, 9.17) is 16.0 Å². The molecule has 1 aromatic carbocycles. The number of rotatable bonds is 6. The molecule has 1 aliphatic heterocycles. The van der Waals surface area contributed by atoms with Gasteiger partial charge < -0.3 is 4.42 Å². The molecule has 0 bridgehead atoms. The highest BCUT2D eigenvalue weighted by Gasteiger charge is 2.26. The molecule has 150 valence electrons. The van der Waals surface area contributed by atoms with Crippen LogP contribution in [0.15, 0.2) is 39.7 Å². The average molecular weight is 425 g/mol. The van der Waals surface area contributed by atoms with E-state index in [-0.39, 0.29) is 5.75 Å². The van der Waals surface area contributed by atoms with Gasteiger partial charge in [0.15, 0.2) is 0 Å². The molecule has 1 saturated heterocycles. The molecule has 0 aliphatic carbocycles. The van der Waals surface area contributed by atoms with Crippen molar-refractivity contribution in [3.63, 3.8) is 0 Å². The number of para-hydroxylation sites is 1. The van der Waals surface area contributed by atoms with Crippen molar-refractivity contribution in [3.8, 4) is 0 Å². The first-order valence-corrected chi connectivity index (χ1v) is 11.3. The van der Waals surface area contributed by atoms with Gasteiger partial charge >= 0.3 is 5.63 Å². The third-order valence-electron chi connectivity index (χ3n) is 4.93. The highest BCUT2D eigenvalue weighted by atomic mass is 35.5. The number of halogens is 1. The van der Waals surface area contributed by atoms with Crippen LogP contribution in [0.25, 0.3) is 21.9 Å². The highest BCUT2D eigenvalue weighted by Crippen LogP contribution is 2.21. The molecule has 1 aliphatic rings. The molecule has 0 spiro atoms. The van der Waals surface area contributed by atoms with Gasteiger partial charge in [0.05, 0.1) is 12.4 Å². The van der Waals surface area contributed by atoms with E-state index in [9.17, 15) is 13.2 Å². The maximum atomic E-state index is 12.3. The van der Waals surface area contributed by atoms with Crippen LogP contribution in [0.4, 0.5) is 0 Å². The first kappa shape index (κ1) is 19.4. The SMILES string of the molecule is O=c1oc2ccccc2c2nn(CN3CCN(S(=O)(=O)CCCCl)CC3)cc12. The molecular weight excluding hydrogens is 404 g/mol. The summed E-state index contributed by atoms with van der Waals surface area (Å²) in [6.07, 6.45) is 2.15. The van der Waals surface area contributed by atoms with Crippen molar-refractivity contribution < 1.29 is 12.8 Å². The molecule has 10 heteroatoms. The van der Waals surface area contributed by atoms with Crippen molar-refractivity contribution in [2.45, 2.75) is 13.1 Å². The summed E-state index contributed by atoms with van der Waals surface area (Å²) in [6.45, 7) is 2.57. The van der Waals surface area contributed by atoms with Crippen molar-refractivity contribution in [2.24, 2.45) is 0 Å². The Morgan fingerprint density at radius 1 is 1.11 bits per heavy atom. The molecule has 3 aromatic rings. The molecule has 4 rings (SSSR count). The zero-order valence-electron chi connectivity index (χ0n) is 15.3. The fourth-order valence-electron chi connectivity index (χ4n) is 3.47. The van der Waals surface area contributed by atoms with E-state index in [1.807, 2.05) is 18.2 Å². The minimum absolute atomic E-state index is 0.0872. The molecule has 2 aromatic heterocycles. The van der Waals surface area contributed by atoms with Gasteiger partial charge in [-0.15, -0.1) is 11.6 Å². The zero-order chi connectivity index (χ0) is 19.7. The smallest absolute Gasteiger partial charge is 0.347 e. The molecule has 0 radical (unpaired) electrons. The van der Waals surface area contributed by atoms with Gasteiger partial charge in [0.2, 0.25) is 10.0 Å². The number of sulfonamides is 1. The minimum atomic E-state index is -3.25. The van der Waals surface area contributed by atoms with Crippen LogP contribution in [0.1, 0.15) is 6.42 Å². The van der Waals surface area contributed by atoms with Crippen LogP contribution in [0.2, 0.25) is 0 Å². The van der Waals surface area contributed by atoms with E-state index in [1.54, 1.807) is 16.9 Å². The fraction of sp³-hybridized carbons (Fsp3) is 0.444. The summed E-state index contributed by atoms with van der Waals surface area (Å²) in [5, 5.41) is 5.82. The highest BCUT2D eigenvalue weighted by molar-refractivity contribution is 7.89. The van der Waals surface area contributed by atoms with Crippen molar-refractivity contribution >= 4 is 43.5 Å². The molecule has 0 amide bonds. The third kappa shape index (κ3) is 3.80. The van der Waals surface area contributed by atoms with E-state index in [0.29, 0.717) is 61.6 Å². The topological polar surface area (TPSA) is 88.7 Å². The lowest BCUT2D eigenvalue weighted by Gasteiger charge is -2.33. The molecule has 0 N–H and O–H groups in total. The van der Waals surface area contributed by atoms with Crippen molar-refractivity contribution in [1.29, 1.82) is 0 Å². The Morgan fingerprint density at radius 2 is 1.86 bits per heavy atom. The largest absolute Gasteiger partial charge is 0.422 e. The maximum absolute atomic E-state index is 12.3. The quantitative estimate of drug-likeness (QED) is 0.442. The standard InChI is InChI=1S/C18H21ClN4O4S/c19-6-3-11-28(25,26)23-9-7-21(8-10-23)13-22-12-15-17(20-22)14-4-1-2-5-16(14)27-18(15)24/h1-2,4-5,12H,3,6-11,13H2. The summed E-state index contributed by atoms with van der Waals surface area (Å²) in [5.41, 5.74) is 0.727. The lowest BCUT2D eigenvalue weighted by Crippen LogP contribution is -2.49. The van der Waals surface area contributed by atoms with Gasteiger partial charge in [-0.2, -0.15) is 9.40 Å². The second-order valence-corrected chi connectivity index (χ2v) is 9.30. The summed E-state index contributed by atoms with van der Waals surface area (Å²) in [7, 11) is -3.25. The fourth-order valence-corrected chi connectivity index (χ4v) is 5.25. The van der Waals surface area contributed by atoms with Crippen molar-refractivity contribution in [3.05, 3.63) is 40.9 Å². The monoisotopic (exact) mass is 424 g/mol. The van der Waals surface area contributed by atoms with E-state index < -0.39 is 15.6 Å². The number of fused-ring (bicyclic) bond motifs is 3. The molecule has 3 heterocycles. The number of hydrogen-bond donors (Lipinski definition) is 0. The van der Waals surface area contributed by atoms with Gasteiger partial charge in [0, 0.05) is 43.6 Å². The van der Waals surface area contributed by atoms with Gasteiger partial charge in [-0.05, 0) is 18.6 Å². The Hall–Kier alpha value is -1.94. The lowest BCUT2D eigenvalue weighted by molar-refractivity contribution is 0.146. The molecule has 0 saturated carbocycles. The van der Waals surface area contributed by atoms with Gasteiger partial charge in [-0.25, -0.2) is 13.2 Å². The summed E-state index contributed by atoms with van der Waals surface area (Å²) >= 11 is 5.61. The number of benzene rings is 1. The van der Waals surface area contributed by atoms with Crippen LogP contribution in [-0.4, -0.2) is 65.2 Å². The average Bonchev–Trinajstić information content (AvgIpc) is 3.12. The van der Waals surface area contributed by atoms with Gasteiger partial charge in [-0.3, -0.25) is 9.58 Å². The Labute approximate surface area is 167 Å². The van der Waals surface area contributed by atoms with Gasteiger partial charge in [0.1, 0.15) is 16.5 Å². The molecule has 0 unspecified atom stereocenters. The second kappa shape index (κ2) is 7.82. The number of nitrogens with zero attached hydrogens (tertiary/aromatic N) is 4. The van der Waals surface area contributed by atoms with E-state index in [1.165, 1.54) is 4.31 Å². The number of piperazine rings is 1. The number of alkyl halides is 1.